The van der Waals surface area contributed by atoms with Gasteiger partial charge in [0, 0.05) is 11.4 Å². The van der Waals surface area contributed by atoms with Crippen molar-refractivity contribution in [1.82, 2.24) is 9.97 Å². The fourth-order valence-corrected chi connectivity index (χ4v) is 1.73. The second-order valence-corrected chi connectivity index (χ2v) is 4.84. The monoisotopic (exact) mass is 268 g/mol. The fraction of sp³-hybridized carbons (Fsp3) is 0.267. The number of aromatic nitrogens is 2. The summed E-state index contributed by atoms with van der Waals surface area (Å²) in [6, 6.07) is 9.10. The van der Waals surface area contributed by atoms with E-state index in [2.05, 4.69) is 23.8 Å². The highest BCUT2D eigenvalue weighted by Gasteiger charge is 2.10. The lowest BCUT2D eigenvalue weighted by molar-refractivity contribution is 0.435. The lowest BCUT2D eigenvalue weighted by atomic mass is 10.1. The zero-order valence-corrected chi connectivity index (χ0v) is 11.7. The molecule has 0 saturated heterocycles. The van der Waals surface area contributed by atoms with E-state index < -0.39 is 0 Å². The maximum absolute atomic E-state index is 9.09. The first kappa shape index (κ1) is 13.8. The Morgan fingerprint density at radius 1 is 1.25 bits per heavy atom. The van der Waals surface area contributed by atoms with Crippen molar-refractivity contribution in [1.29, 1.82) is 5.26 Å². The summed E-state index contributed by atoms with van der Waals surface area (Å²) in [7, 11) is 0. The molecule has 0 unspecified atom stereocenters. The SMILES string of the molecule is Cc1cc(C(C)C)nc(Oc2ccc(N)cc2C#N)n1. The number of rotatable bonds is 3. The van der Waals surface area contributed by atoms with Gasteiger partial charge in [0.25, 0.3) is 0 Å². The number of nitrogens with zero attached hydrogens (tertiary/aromatic N) is 3. The quantitative estimate of drug-likeness (QED) is 0.864. The lowest BCUT2D eigenvalue weighted by Crippen LogP contribution is -2.01. The van der Waals surface area contributed by atoms with Crippen molar-refractivity contribution in [3.8, 4) is 17.8 Å². The summed E-state index contributed by atoms with van der Waals surface area (Å²) in [5.41, 5.74) is 8.26. The molecule has 0 amide bonds. The van der Waals surface area contributed by atoms with Crippen LogP contribution in [0.5, 0.6) is 11.8 Å². The number of anilines is 1. The first-order valence-electron chi connectivity index (χ1n) is 6.32. The molecule has 0 bridgehead atoms. The van der Waals surface area contributed by atoms with E-state index in [4.69, 9.17) is 15.7 Å². The molecule has 2 N–H and O–H groups in total. The molecule has 102 valence electrons. The molecule has 0 aliphatic rings. The van der Waals surface area contributed by atoms with E-state index in [1.165, 1.54) is 0 Å². The van der Waals surface area contributed by atoms with E-state index >= 15 is 0 Å². The van der Waals surface area contributed by atoms with E-state index in [9.17, 15) is 0 Å². The van der Waals surface area contributed by atoms with Crippen LogP contribution in [0.15, 0.2) is 24.3 Å². The molecular formula is C15H16N4O. The van der Waals surface area contributed by atoms with Gasteiger partial charge in [0.15, 0.2) is 0 Å². The lowest BCUT2D eigenvalue weighted by Gasteiger charge is -2.10. The maximum Gasteiger partial charge on any atom is 0.322 e. The first-order valence-corrected chi connectivity index (χ1v) is 6.32. The fourth-order valence-electron chi connectivity index (χ4n) is 1.73. The standard InChI is InChI=1S/C15H16N4O/c1-9(2)13-6-10(3)18-15(19-13)20-14-5-4-12(17)7-11(14)8-16/h4-7,9H,17H2,1-3H3. The minimum Gasteiger partial charge on any atom is -0.423 e. The predicted molar refractivity (Wildman–Crippen MR) is 76.5 cm³/mol. The molecule has 1 aromatic carbocycles. The Hall–Kier alpha value is -2.61. The van der Waals surface area contributed by atoms with Crippen molar-refractivity contribution in [2.75, 3.05) is 5.73 Å². The molecule has 0 saturated carbocycles. The summed E-state index contributed by atoms with van der Waals surface area (Å²) in [6.45, 7) is 5.99. The van der Waals surface area contributed by atoms with Gasteiger partial charge in [0.2, 0.25) is 0 Å². The molecule has 0 fully saturated rings. The second-order valence-electron chi connectivity index (χ2n) is 4.84. The smallest absolute Gasteiger partial charge is 0.322 e. The van der Waals surface area contributed by atoms with Crippen LogP contribution < -0.4 is 10.5 Å². The Balaban J connectivity index is 2.38. The van der Waals surface area contributed by atoms with E-state index in [1.54, 1.807) is 18.2 Å². The van der Waals surface area contributed by atoms with Gasteiger partial charge in [-0.1, -0.05) is 13.8 Å². The van der Waals surface area contributed by atoms with Crippen LogP contribution in [-0.2, 0) is 0 Å². The number of benzene rings is 1. The summed E-state index contributed by atoms with van der Waals surface area (Å²) in [5, 5.41) is 9.09. The van der Waals surface area contributed by atoms with Crippen LogP contribution >= 0.6 is 0 Å². The van der Waals surface area contributed by atoms with Crippen LogP contribution in [0.25, 0.3) is 0 Å². The molecule has 1 aromatic heterocycles. The number of hydrogen-bond acceptors (Lipinski definition) is 5. The summed E-state index contributed by atoms with van der Waals surface area (Å²) in [6.07, 6.45) is 0. The highest BCUT2D eigenvalue weighted by Crippen LogP contribution is 2.25. The number of aryl methyl sites for hydroxylation is 1. The van der Waals surface area contributed by atoms with Crippen molar-refractivity contribution < 1.29 is 4.74 Å². The van der Waals surface area contributed by atoms with Crippen LogP contribution in [0.4, 0.5) is 5.69 Å². The van der Waals surface area contributed by atoms with E-state index in [-0.39, 0.29) is 11.9 Å². The molecule has 5 heteroatoms. The number of nitrogen functional groups attached to an aromatic ring is 1. The van der Waals surface area contributed by atoms with Gasteiger partial charge in [-0.3, -0.25) is 0 Å². The second kappa shape index (κ2) is 5.57. The summed E-state index contributed by atoms with van der Waals surface area (Å²) in [5.74, 6) is 0.683. The first-order chi connectivity index (χ1) is 9.49. The normalized spacial score (nSPS) is 10.3. The molecule has 0 aliphatic heterocycles. The Morgan fingerprint density at radius 2 is 2.00 bits per heavy atom. The molecule has 20 heavy (non-hydrogen) atoms. The van der Waals surface area contributed by atoms with Crippen molar-refractivity contribution >= 4 is 5.69 Å². The van der Waals surface area contributed by atoms with Crippen molar-refractivity contribution in [2.24, 2.45) is 0 Å². The topological polar surface area (TPSA) is 84.8 Å². The predicted octanol–water partition coefficient (Wildman–Crippen LogP) is 3.15. The van der Waals surface area contributed by atoms with E-state index in [1.807, 2.05) is 19.1 Å². The van der Waals surface area contributed by atoms with Crippen LogP contribution in [0.3, 0.4) is 0 Å². The minimum absolute atomic E-state index is 0.245. The third-order valence-electron chi connectivity index (χ3n) is 2.77. The molecular weight excluding hydrogens is 252 g/mol. The van der Waals surface area contributed by atoms with Gasteiger partial charge in [-0.25, -0.2) is 4.98 Å². The molecule has 0 atom stereocenters. The Labute approximate surface area is 118 Å². The Bertz CT molecular complexity index is 674. The van der Waals surface area contributed by atoms with Gasteiger partial charge in [-0.15, -0.1) is 0 Å². The van der Waals surface area contributed by atoms with Crippen LogP contribution in [-0.4, -0.2) is 9.97 Å². The van der Waals surface area contributed by atoms with Crippen LogP contribution in [0.1, 0.15) is 36.7 Å². The van der Waals surface area contributed by atoms with Gasteiger partial charge in [0.05, 0.1) is 11.3 Å². The average molecular weight is 268 g/mol. The van der Waals surface area contributed by atoms with Crippen LogP contribution in [0, 0.1) is 18.3 Å². The van der Waals surface area contributed by atoms with E-state index in [0.29, 0.717) is 17.0 Å². The van der Waals surface area contributed by atoms with Crippen molar-refractivity contribution in [3.05, 3.63) is 41.2 Å². The number of nitriles is 1. The Morgan fingerprint density at radius 3 is 2.65 bits per heavy atom. The number of ether oxygens (including phenoxy) is 1. The third-order valence-corrected chi connectivity index (χ3v) is 2.77. The average Bonchev–Trinajstić information content (AvgIpc) is 2.40. The zero-order chi connectivity index (χ0) is 14.7. The highest BCUT2D eigenvalue weighted by atomic mass is 16.5. The molecule has 0 spiro atoms. The summed E-state index contributed by atoms with van der Waals surface area (Å²) < 4.78 is 5.63. The third kappa shape index (κ3) is 3.04. The zero-order valence-electron chi connectivity index (χ0n) is 11.7. The van der Waals surface area contributed by atoms with Crippen molar-refractivity contribution in [3.63, 3.8) is 0 Å². The molecule has 0 aliphatic carbocycles. The van der Waals surface area contributed by atoms with Crippen LogP contribution in [0.2, 0.25) is 0 Å². The highest BCUT2D eigenvalue weighted by molar-refractivity contribution is 5.53. The molecule has 2 aromatic rings. The summed E-state index contributed by atoms with van der Waals surface area (Å²) in [4.78, 5) is 8.59. The van der Waals surface area contributed by atoms with Gasteiger partial charge in [0.1, 0.15) is 11.8 Å². The number of hydrogen-bond donors (Lipinski definition) is 1. The number of nitrogens with two attached hydrogens (primary N) is 1. The maximum atomic E-state index is 9.09. The Kier molecular flexibility index (Phi) is 3.85. The molecule has 1 heterocycles. The molecule has 0 radical (unpaired) electrons. The van der Waals surface area contributed by atoms with Gasteiger partial charge in [-0.2, -0.15) is 10.2 Å². The van der Waals surface area contributed by atoms with Gasteiger partial charge in [-0.05, 0) is 37.1 Å². The molecule has 2 rings (SSSR count). The largest absolute Gasteiger partial charge is 0.423 e. The molecule has 5 nitrogen and oxygen atoms in total. The van der Waals surface area contributed by atoms with Crippen molar-refractivity contribution in [2.45, 2.75) is 26.7 Å². The minimum atomic E-state index is 0.245. The van der Waals surface area contributed by atoms with Gasteiger partial charge >= 0.3 is 6.01 Å². The van der Waals surface area contributed by atoms with E-state index in [0.717, 1.165) is 11.4 Å². The summed E-state index contributed by atoms with van der Waals surface area (Å²) >= 11 is 0. The van der Waals surface area contributed by atoms with Gasteiger partial charge < -0.3 is 10.5 Å².